The van der Waals surface area contributed by atoms with Crippen LogP contribution in [0, 0.1) is 0 Å². The summed E-state index contributed by atoms with van der Waals surface area (Å²) in [4.78, 5) is 22.9. The molecule has 8 heteroatoms. The summed E-state index contributed by atoms with van der Waals surface area (Å²) in [6.07, 6.45) is -2.48. The Bertz CT molecular complexity index is 592. The quantitative estimate of drug-likeness (QED) is 0.638. The van der Waals surface area contributed by atoms with E-state index in [9.17, 15) is 19.8 Å². The van der Waals surface area contributed by atoms with E-state index >= 15 is 0 Å². The average molecular weight is 339 g/mol. The van der Waals surface area contributed by atoms with Crippen molar-refractivity contribution in [1.82, 2.24) is 5.32 Å². The number of methoxy groups -OCH3 is 1. The molecule has 0 radical (unpaired) electrons. The Kier molecular flexibility index (Phi) is 6.13. The van der Waals surface area contributed by atoms with Crippen molar-refractivity contribution in [2.45, 2.75) is 37.9 Å². The third kappa shape index (κ3) is 4.44. The zero-order valence-corrected chi connectivity index (χ0v) is 13.5. The molecule has 1 heterocycles. The predicted molar refractivity (Wildman–Crippen MR) is 82.4 cm³/mol. The Labute approximate surface area is 139 Å². The van der Waals surface area contributed by atoms with Crippen molar-refractivity contribution in [1.29, 1.82) is 0 Å². The minimum Gasteiger partial charge on any atom is -0.465 e. The largest absolute Gasteiger partial charge is 0.465 e. The molecule has 1 saturated heterocycles. The lowest BCUT2D eigenvalue weighted by molar-refractivity contribution is -0.210. The van der Waals surface area contributed by atoms with Gasteiger partial charge in [0.2, 0.25) is 12.2 Å². The molecule has 1 amide bonds. The van der Waals surface area contributed by atoms with Gasteiger partial charge in [-0.3, -0.25) is 4.79 Å². The Balaban J connectivity index is 2.17. The van der Waals surface area contributed by atoms with E-state index in [-0.39, 0.29) is 18.9 Å². The summed E-state index contributed by atoms with van der Waals surface area (Å²) in [5.74, 6) is -0.464. The zero-order chi connectivity index (χ0) is 17.7. The number of hydrogen-bond acceptors (Lipinski definition) is 7. The summed E-state index contributed by atoms with van der Waals surface area (Å²) in [5, 5.41) is 21.9. The SMILES string of the molecule is COC(=O)c1cccc(O[C@H]2O[C@H](CO)[C@H](O)C[C@H]2NC(C)=O)c1. The molecular weight excluding hydrogens is 318 g/mol. The van der Waals surface area contributed by atoms with Gasteiger partial charge in [0.25, 0.3) is 0 Å². The molecule has 24 heavy (non-hydrogen) atoms. The first-order chi connectivity index (χ1) is 11.4. The first-order valence-electron chi connectivity index (χ1n) is 7.51. The van der Waals surface area contributed by atoms with E-state index < -0.39 is 30.5 Å². The summed E-state index contributed by atoms with van der Waals surface area (Å²) in [6, 6.07) is 5.71. The Morgan fingerprint density at radius 1 is 1.42 bits per heavy atom. The molecule has 8 nitrogen and oxygen atoms in total. The van der Waals surface area contributed by atoms with Crippen molar-refractivity contribution in [3.8, 4) is 5.75 Å². The molecular formula is C16H21NO7. The maximum atomic E-state index is 11.6. The number of amides is 1. The molecule has 132 valence electrons. The summed E-state index contributed by atoms with van der Waals surface area (Å²) < 4.78 is 15.9. The maximum absolute atomic E-state index is 11.6. The molecule has 1 fully saturated rings. The minimum atomic E-state index is -0.923. The van der Waals surface area contributed by atoms with Gasteiger partial charge in [0.15, 0.2) is 0 Å². The van der Waals surface area contributed by atoms with Gasteiger partial charge in [0.1, 0.15) is 11.9 Å². The van der Waals surface area contributed by atoms with Crippen LogP contribution in [-0.4, -0.2) is 60.3 Å². The Hall–Kier alpha value is -2.16. The van der Waals surface area contributed by atoms with E-state index in [0.29, 0.717) is 11.3 Å². The normalized spacial score (nSPS) is 26.5. The van der Waals surface area contributed by atoms with Crippen LogP contribution in [-0.2, 0) is 14.3 Å². The number of carbonyl (C=O) groups excluding carboxylic acids is 2. The highest BCUT2D eigenvalue weighted by Gasteiger charge is 2.38. The molecule has 0 bridgehead atoms. The van der Waals surface area contributed by atoms with Gasteiger partial charge in [-0.15, -0.1) is 0 Å². The van der Waals surface area contributed by atoms with Crippen LogP contribution in [0.25, 0.3) is 0 Å². The fraction of sp³-hybridized carbons (Fsp3) is 0.500. The van der Waals surface area contributed by atoms with Crippen LogP contribution in [0.15, 0.2) is 24.3 Å². The topological polar surface area (TPSA) is 114 Å². The summed E-state index contributed by atoms with van der Waals surface area (Å²) in [7, 11) is 1.28. The number of benzene rings is 1. The number of aliphatic hydroxyl groups is 2. The number of aliphatic hydroxyl groups excluding tert-OH is 2. The number of nitrogens with one attached hydrogen (secondary N) is 1. The van der Waals surface area contributed by atoms with Crippen LogP contribution in [0.1, 0.15) is 23.7 Å². The molecule has 1 aliphatic heterocycles. The highest BCUT2D eigenvalue weighted by Crippen LogP contribution is 2.24. The number of ether oxygens (including phenoxy) is 3. The van der Waals surface area contributed by atoms with Crippen LogP contribution in [0.2, 0.25) is 0 Å². The van der Waals surface area contributed by atoms with Crippen molar-refractivity contribution >= 4 is 11.9 Å². The van der Waals surface area contributed by atoms with Crippen molar-refractivity contribution < 1.29 is 34.0 Å². The van der Waals surface area contributed by atoms with Gasteiger partial charge in [-0.25, -0.2) is 4.79 Å². The van der Waals surface area contributed by atoms with Gasteiger partial charge < -0.3 is 29.7 Å². The maximum Gasteiger partial charge on any atom is 0.337 e. The molecule has 2 rings (SSSR count). The van der Waals surface area contributed by atoms with E-state index in [0.717, 1.165) is 0 Å². The zero-order valence-electron chi connectivity index (χ0n) is 13.5. The number of esters is 1. The second kappa shape index (κ2) is 8.09. The monoisotopic (exact) mass is 339 g/mol. The van der Waals surface area contributed by atoms with E-state index in [1.807, 2.05) is 0 Å². The highest BCUT2D eigenvalue weighted by molar-refractivity contribution is 5.89. The molecule has 0 aromatic heterocycles. The third-order valence-electron chi connectivity index (χ3n) is 3.64. The van der Waals surface area contributed by atoms with E-state index in [1.54, 1.807) is 18.2 Å². The first kappa shape index (κ1) is 18.2. The van der Waals surface area contributed by atoms with Gasteiger partial charge in [-0.2, -0.15) is 0 Å². The summed E-state index contributed by atoms with van der Waals surface area (Å²) >= 11 is 0. The fourth-order valence-corrected chi connectivity index (χ4v) is 2.49. The Morgan fingerprint density at radius 3 is 2.79 bits per heavy atom. The van der Waals surface area contributed by atoms with Crippen molar-refractivity contribution in [3.05, 3.63) is 29.8 Å². The Morgan fingerprint density at radius 2 is 2.17 bits per heavy atom. The number of carbonyl (C=O) groups is 2. The smallest absolute Gasteiger partial charge is 0.337 e. The van der Waals surface area contributed by atoms with Crippen LogP contribution >= 0.6 is 0 Å². The van der Waals surface area contributed by atoms with E-state index in [2.05, 4.69) is 10.1 Å². The molecule has 1 aromatic rings. The van der Waals surface area contributed by atoms with Crippen LogP contribution in [0.4, 0.5) is 0 Å². The van der Waals surface area contributed by atoms with Crippen LogP contribution in [0.5, 0.6) is 5.75 Å². The minimum absolute atomic E-state index is 0.173. The molecule has 0 unspecified atom stereocenters. The first-order valence-corrected chi connectivity index (χ1v) is 7.51. The average Bonchev–Trinajstić information content (AvgIpc) is 2.56. The fourth-order valence-electron chi connectivity index (χ4n) is 2.49. The van der Waals surface area contributed by atoms with E-state index in [1.165, 1.54) is 20.1 Å². The molecule has 1 aliphatic rings. The molecule has 0 spiro atoms. The lowest BCUT2D eigenvalue weighted by atomic mass is 10.0. The standard InChI is InChI=1S/C16H21NO7/c1-9(19)17-12-7-13(20)14(8-18)24-16(12)23-11-5-3-4-10(6-11)15(21)22-2/h3-6,12-14,16,18,20H,7-8H2,1-2H3,(H,17,19)/t12-,13-,14-,16+/m1/s1. The van der Waals surface area contributed by atoms with Crippen LogP contribution < -0.4 is 10.1 Å². The second-order valence-corrected chi connectivity index (χ2v) is 5.47. The number of hydrogen-bond donors (Lipinski definition) is 3. The van der Waals surface area contributed by atoms with Gasteiger partial charge in [0.05, 0.1) is 31.4 Å². The number of rotatable bonds is 5. The van der Waals surface area contributed by atoms with Crippen LogP contribution in [0.3, 0.4) is 0 Å². The highest BCUT2D eigenvalue weighted by atomic mass is 16.7. The van der Waals surface area contributed by atoms with Gasteiger partial charge in [0, 0.05) is 13.3 Å². The molecule has 0 saturated carbocycles. The molecule has 1 aromatic carbocycles. The summed E-state index contributed by atoms with van der Waals surface area (Å²) in [6.45, 7) is 0.968. The molecule has 3 N–H and O–H groups in total. The molecule has 4 atom stereocenters. The van der Waals surface area contributed by atoms with E-state index in [4.69, 9.17) is 9.47 Å². The van der Waals surface area contributed by atoms with Gasteiger partial charge in [-0.1, -0.05) is 6.07 Å². The van der Waals surface area contributed by atoms with Crippen molar-refractivity contribution in [2.24, 2.45) is 0 Å². The second-order valence-electron chi connectivity index (χ2n) is 5.47. The lowest BCUT2D eigenvalue weighted by Crippen LogP contribution is -2.57. The summed E-state index contributed by atoms with van der Waals surface area (Å²) in [5.41, 5.74) is 0.306. The predicted octanol–water partition coefficient (Wildman–Crippen LogP) is -0.175. The van der Waals surface area contributed by atoms with Crippen molar-refractivity contribution in [3.63, 3.8) is 0 Å². The third-order valence-corrected chi connectivity index (χ3v) is 3.64. The molecule has 0 aliphatic carbocycles. The van der Waals surface area contributed by atoms with Gasteiger partial charge in [-0.05, 0) is 18.2 Å². The van der Waals surface area contributed by atoms with Gasteiger partial charge >= 0.3 is 5.97 Å². The lowest BCUT2D eigenvalue weighted by Gasteiger charge is -2.38. The van der Waals surface area contributed by atoms with Crippen molar-refractivity contribution in [2.75, 3.05) is 13.7 Å².